The summed E-state index contributed by atoms with van der Waals surface area (Å²) in [4.78, 5) is 15.8. The van der Waals surface area contributed by atoms with Gasteiger partial charge in [-0.1, -0.05) is 29.3 Å². The molecule has 0 unspecified atom stereocenters. The van der Waals surface area contributed by atoms with E-state index in [0.717, 1.165) is 6.07 Å². The van der Waals surface area contributed by atoms with E-state index in [1.54, 1.807) is 6.07 Å². The standard InChI is InChI=1S/C15H8Cl2F4N4O/c16-6-2-1-3-7(12(6)17)23-15(26)9-5-11-22-8(13(18)19)4-10(14(20)21)25(11)24-9/h1-5,13-14H,(H,23,26). The summed E-state index contributed by atoms with van der Waals surface area (Å²) in [5, 5.41) is 6.42. The zero-order chi connectivity index (χ0) is 19.0. The van der Waals surface area contributed by atoms with Crippen LogP contribution in [-0.2, 0) is 0 Å². The van der Waals surface area contributed by atoms with E-state index in [4.69, 9.17) is 23.2 Å². The Balaban J connectivity index is 2.01. The summed E-state index contributed by atoms with van der Waals surface area (Å²) in [6.07, 6.45) is -6.13. The molecule has 11 heteroatoms. The number of aromatic nitrogens is 3. The van der Waals surface area contributed by atoms with Gasteiger partial charge in [0, 0.05) is 6.07 Å². The van der Waals surface area contributed by atoms with E-state index in [-0.39, 0.29) is 27.1 Å². The maximum absolute atomic E-state index is 13.1. The minimum Gasteiger partial charge on any atom is -0.319 e. The van der Waals surface area contributed by atoms with Gasteiger partial charge in [-0.3, -0.25) is 4.79 Å². The van der Waals surface area contributed by atoms with Gasteiger partial charge in [-0.25, -0.2) is 27.1 Å². The molecule has 0 atom stereocenters. The van der Waals surface area contributed by atoms with E-state index in [1.807, 2.05) is 0 Å². The van der Waals surface area contributed by atoms with Crippen LogP contribution in [0.1, 0.15) is 34.7 Å². The molecule has 1 amide bonds. The van der Waals surface area contributed by atoms with Crippen LogP contribution in [0.3, 0.4) is 0 Å². The van der Waals surface area contributed by atoms with Crippen LogP contribution in [0.4, 0.5) is 23.2 Å². The van der Waals surface area contributed by atoms with Gasteiger partial charge in [0.15, 0.2) is 11.3 Å². The van der Waals surface area contributed by atoms with E-state index >= 15 is 0 Å². The average molecular weight is 407 g/mol. The van der Waals surface area contributed by atoms with Gasteiger partial charge in [0.1, 0.15) is 11.4 Å². The molecule has 5 nitrogen and oxygen atoms in total. The molecule has 3 aromatic rings. The second kappa shape index (κ2) is 7.08. The summed E-state index contributed by atoms with van der Waals surface area (Å²) in [6, 6.07) is 6.09. The Morgan fingerprint density at radius 1 is 1.12 bits per heavy atom. The number of halogens is 6. The minimum absolute atomic E-state index is 0.0812. The van der Waals surface area contributed by atoms with Crippen molar-refractivity contribution in [2.45, 2.75) is 12.9 Å². The number of amides is 1. The molecule has 0 bridgehead atoms. The van der Waals surface area contributed by atoms with E-state index in [9.17, 15) is 22.4 Å². The Morgan fingerprint density at radius 3 is 2.50 bits per heavy atom. The Hall–Kier alpha value is -2.39. The van der Waals surface area contributed by atoms with Crippen molar-refractivity contribution < 1.29 is 22.4 Å². The average Bonchev–Trinajstić information content (AvgIpc) is 3.02. The van der Waals surface area contributed by atoms with Crippen molar-refractivity contribution in [3.05, 3.63) is 57.5 Å². The predicted molar refractivity (Wildman–Crippen MR) is 87.3 cm³/mol. The van der Waals surface area contributed by atoms with Crippen LogP contribution >= 0.6 is 23.2 Å². The lowest BCUT2D eigenvalue weighted by Gasteiger charge is -2.07. The van der Waals surface area contributed by atoms with Crippen LogP contribution in [-0.4, -0.2) is 20.5 Å². The third-order valence-electron chi connectivity index (χ3n) is 3.35. The fourth-order valence-electron chi connectivity index (χ4n) is 2.18. The van der Waals surface area contributed by atoms with Gasteiger partial charge in [0.05, 0.1) is 15.7 Å². The van der Waals surface area contributed by atoms with Gasteiger partial charge >= 0.3 is 0 Å². The third kappa shape index (κ3) is 3.45. The molecule has 0 saturated carbocycles. The predicted octanol–water partition coefficient (Wildman–Crippen LogP) is 5.16. The molecule has 0 fully saturated rings. The molecule has 0 saturated heterocycles. The van der Waals surface area contributed by atoms with Gasteiger partial charge < -0.3 is 5.32 Å². The quantitative estimate of drug-likeness (QED) is 0.608. The van der Waals surface area contributed by atoms with E-state index in [1.165, 1.54) is 12.1 Å². The summed E-state index contributed by atoms with van der Waals surface area (Å²) in [6.45, 7) is 0. The summed E-state index contributed by atoms with van der Waals surface area (Å²) in [5.41, 5.74) is -2.07. The highest BCUT2D eigenvalue weighted by Crippen LogP contribution is 2.30. The molecule has 1 aromatic carbocycles. The topological polar surface area (TPSA) is 59.3 Å². The SMILES string of the molecule is O=C(Nc1cccc(Cl)c1Cl)c1cc2nc(C(F)F)cc(C(F)F)n2n1. The number of carbonyl (C=O) groups excluding carboxylic acids is 1. The van der Waals surface area contributed by atoms with Gasteiger partial charge in [-0.2, -0.15) is 5.10 Å². The third-order valence-corrected chi connectivity index (χ3v) is 4.17. The number of nitrogens with zero attached hydrogens (tertiary/aromatic N) is 3. The molecule has 0 radical (unpaired) electrons. The highest BCUT2D eigenvalue weighted by Gasteiger charge is 2.22. The summed E-state index contributed by atoms with van der Waals surface area (Å²) < 4.78 is 52.6. The smallest absolute Gasteiger partial charge is 0.280 e. The second-order valence-electron chi connectivity index (χ2n) is 5.06. The molecule has 0 aliphatic rings. The van der Waals surface area contributed by atoms with Crippen LogP contribution < -0.4 is 5.32 Å². The number of nitrogens with one attached hydrogen (secondary N) is 1. The van der Waals surface area contributed by atoms with Crippen molar-refractivity contribution in [2.75, 3.05) is 5.32 Å². The van der Waals surface area contributed by atoms with E-state index in [0.29, 0.717) is 10.6 Å². The molecule has 3 rings (SSSR count). The number of alkyl halides is 4. The molecule has 2 heterocycles. The van der Waals surface area contributed by atoms with Crippen molar-refractivity contribution >= 4 is 40.4 Å². The largest absolute Gasteiger partial charge is 0.319 e. The first-order valence-electron chi connectivity index (χ1n) is 7.00. The van der Waals surface area contributed by atoms with Crippen molar-refractivity contribution in [1.29, 1.82) is 0 Å². The summed E-state index contributed by atoms with van der Waals surface area (Å²) in [5.74, 6) is -0.793. The Morgan fingerprint density at radius 2 is 1.85 bits per heavy atom. The van der Waals surface area contributed by atoms with Gasteiger partial charge in [0.25, 0.3) is 18.8 Å². The first-order chi connectivity index (χ1) is 12.3. The molecule has 26 heavy (non-hydrogen) atoms. The van der Waals surface area contributed by atoms with Crippen LogP contribution in [0.25, 0.3) is 5.65 Å². The Bertz CT molecular complexity index is 993. The first-order valence-corrected chi connectivity index (χ1v) is 7.75. The van der Waals surface area contributed by atoms with Crippen molar-refractivity contribution in [1.82, 2.24) is 14.6 Å². The molecular weight excluding hydrogens is 399 g/mol. The number of carbonyl (C=O) groups is 1. The Kier molecular flexibility index (Phi) is 5.01. The van der Waals surface area contributed by atoms with E-state index < -0.39 is 30.1 Å². The fourth-order valence-corrected chi connectivity index (χ4v) is 2.53. The lowest BCUT2D eigenvalue weighted by Crippen LogP contribution is -2.13. The number of hydrogen-bond donors (Lipinski definition) is 1. The Labute approximate surface area is 153 Å². The molecule has 0 aliphatic carbocycles. The summed E-state index contributed by atoms with van der Waals surface area (Å²) >= 11 is 11.8. The lowest BCUT2D eigenvalue weighted by molar-refractivity contribution is 0.102. The van der Waals surface area contributed by atoms with Crippen molar-refractivity contribution in [3.8, 4) is 0 Å². The molecule has 0 aliphatic heterocycles. The maximum atomic E-state index is 13.1. The van der Waals surface area contributed by atoms with Crippen LogP contribution in [0.5, 0.6) is 0 Å². The number of fused-ring (bicyclic) bond motifs is 1. The zero-order valence-electron chi connectivity index (χ0n) is 12.6. The molecule has 136 valence electrons. The number of hydrogen-bond acceptors (Lipinski definition) is 3. The lowest BCUT2D eigenvalue weighted by atomic mass is 10.3. The number of rotatable bonds is 4. The van der Waals surface area contributed by atoms with E-state index in [2.05, 4.69) is 15.4 Å². The molecular formula is C15H8Cl2F4N4O. The van der Waals surface area contributed by atoms with Gasteiger partial charge in [-0.05, 0) is 18.2 Å². The molecule has 0 spiro atoms. The minimum atomic E-state index is -3.09. The van der Waals surface area contributed by atoms with Gasteiger partial charge in [0.2, 0.25) is 0 Å². The zero-order valence-corrected chi connectivity index (χ0v) is 14.1. The van der Waals surface area contributed by atoms with Crippen molar-refractivity contribution in [3.63, 3.8) is 0 Å². The molecule has 2 aromatic heterocycles. The van der Waals surface area contributed by atoms with Crippen LogP contribution in [0.2, 0.25) is 10.0 Å². The monoisotopic (exact) mass is 406 g/mol. The molecule has 1 N–H and O–H groups in total. The number of anilines is 1. The highest BCUT2D eigenvalue weighted by atomic mass is 35.5. The van der Waals surface area contributed by atoms with Crippen LogP contribution in [0.15, 0.2) is 30.3 Å². The number of benzene rings is 1. The first kappa shape index (κ1) is 18.4. The fraction of sp³-hybridized carbons (Fsp3) is 0.133. The van der Waals surface area contributed by atoms with Crippen LogP contribution in [0, 0.1) is 0 Å². The second-order valence-corrected chi connectivity index (χ2v) is 5.85. The summed E-state index contributed by atoms with van der Waals surface area (Å²) in [7, 11) is 0. The maximum Gasteiger partial charge on any atom is 0.280 e. The highest BCUT2D eigenvalue weighted by molar-refractivity contribution is 6.44. The normalized spacial score (nSPS) is 11.5. The van der Waals surface area contributed by atoms with Crippen molar-refractivity contribution in [2.24, 2.45) is 0 Å². The van der Waals surface area contributed by atoms with Gasteiger partial charge in [-0.15, -0.1) is 0 Å².